The van der Waals surface area contributed by atoms with Crippen LogP contribution in [0, 0.1) is 18.3 Å². The predicted octanol–water partition coefficient (Wildman–Crippen LogP) is 3.87. The van der Waals surface area contributed by atoms with Gasteiger partial charge in [-0.2, -0.15) is 5.26 Å². The summed E-state index contributed by atoms with van der Waals surface area (Å²) in [6, 6.07) is 13.9. The molecular formula is C19H21NO3. The van der Waals surface area contributed by atoms with Gasteiger partial charge in [0, 0.05) is 5.56 Å². The Bertz CT molecular complexity index is 719. The third kappa shape index (κ3) is 3.75. The third-order valence-corrected chi connectivity index (χ3v) is 3.83. The van der Waals surface area contributed by atoms with Crippen molar-refractivity contribution in [2.24, 2.45) is 0 Å². The van der Waals surface area contributed by atoms with Gasteiger partial charge in [0.15, 0.2) is 0 Å². The lowest BCUT2D eigenvalue weighted by atomic mass is 9.91. The molecule has 0 bridgehead atoms. The highest BCUT2D eigenvalue weighted by atomic mass is 16.5. The summed E-state index contributed by atoms with van der Waals surface area (Å²) in [5, 5.41) is 9.67. The molecule has 23 heavy (non-hydrogen) atoms. The normalized spacial score (nSPS) is 11.4. The maximum absolute atomic E-state index is 9.67. The van der Waals surface area contributed by atoms with Crippen LogP contribution in [0.5, 0.6) is 17.2 Å². The first kappa shape index (κ1) is 16.7. The number of nitrogens with zero attached hydrogens (tertiary/aromatic N) is 1. The minimum Gasteiger partial charge on any atom is -0.497 e. The van der Waals surface area contributed by atoms with Gasteiger partial charge < -0.3 is 14.2 Å². The van der Waals surface area contributed by atoms with Crippen LogP contribution in [0.4, 0.5) is 0 Å². The van der Waals surface area contributed by atoms with E-state index in [1.807, 2.05) is 37.3 Å². The molecule has 4 heteroatoms. The summed E-state index contributed by atoms with van der Waals surface area (Å²) in [5.74, 6) is 1.83. The van der Waals surface area contributed by atoms with Crippen molar-refractivity contribution in [2.75, 3.05) is 21.3 Å². The Morgan fingerprint density at radius 3 is 2.26 bits per heavy atom. The standard InChI is InChI=1S/C19H21NO3/c1-13-5-7-18(22-3)14(9-13)10-15(12-20)17-11-16(21-2)6-8-19(17)23-4/h5-9,11,15H,10H2,1-4H3. The molecule has 1 atom stereocenters. The molecule has 0 amide bonds. The van der Waals surface area contributed by atoms with Crippen molar-refractivity contribution in [1.82, 2.24) is 0 Å². The minimum absolute atomic E-state index is 0.351. The van der Waals surface area contributed by atoms with Crippen LogP contribution in [0.25, 0.3) is 0 Å². The van der Waals surface area contributed by atoms with Crippen LogP contribution in [0.15, 0.2) is 36.4 Å². The highest BCUT2D eigenvalue weighted by Gasteiger charge is 2.19. The molecule has 0 fully saturated rings. The number of nitriles is 1. The predicted molar refractivity (Wildman–Crippen MR) is 89.3 cm³/mol. The van der Waals surface area contributed by atoms with Gasteiger partial charge in [0.25, 0.3) is 0 Å². The van der Waals surface area contributed by atoms with Gasteiger partial charge in [-0.3, -0.25) is 0 Å². The van der Waals surface area contributed by atoms with Gasteiger partial charge in [-0.1, -0.05) is 17.7 Å². The van der Waals surface area contributed by atoms with Gasteiger partial charge in [-0.25, -0.2) is 0 Å². The Morgan fingerprint density at radius 2 is 1.65 bits per heavy atom. The van der Waals surface area contributed by atoms with Crippen LogP contribution in [0.1, 0.15) is 22.6 Å². The van der Waals surface area contributed by atoms with Crippen LogP contribution < -0.4 is 14.2 Å². The van der Waals surface area contributed by atoms with E-state index in [-0.39, 0.29) is 5.92 Å². The largest absolute Gasteiger partial charge is 0.497 e. The molecule has 0 aliphatic rings. The Kier molecular flexibility index (Phi) is 5.48. The summed E-state index contributed by atoms with van der Waals surface area (Å²) in [6.45, 7) is 2.02. The first-order valence-electron chi connectivity index (χ1n) is 7.38. The number of aryl methyl sites for hydroxylation is 1. The second-order valence-electron chi connectivity index (χ2n) is 5.31. The average molecular weight is 311 g/mol. The first-order valence-corrected chi connectivity index (χ1v) is 7.38. The maximum atomic E-state index is 9.67. The van der Waals surface area contributed by atoms with E-state index >= 15 is 0 Å². The van der Waals surface area contributed by atoms with Crippen molar-refractivity contribution < 1.29 is 14.2 Å². The lowest BCUT2D eigenvalue weighted by Crippen LogP contribution is -2.05. The first-order chi connectivity index (χ1) is 11.1. The van der Waals surface area contributed by atoms with E-state index in [9.17, 15) is 5.26 Å². The Hall–Kier alpha value is -2.67. The van der Waals surface area contributed by atoms with E-state index in [1.165, 1.54) is 0 Å². The fourth-order valence-electron chi connectivity index (χ4n) is 2.62. The molecule has 0 aliphatic heterocycles. The Labute approximate surface area is 137 Å². The number of hydrogen-bond acceptors (Lipinski definition) is 4. The van der Waals surface area contributed by atoms with Crippen molar-refractivity contribution in [2.45, 2.75) is 19.3 Å². The topological polar surface area (TPSA) is 51.5 Å². The highest BCUT2D eigenvalue weighted by Crippen LogP contribution is 2.34. The van der Waals surface area contributed by atoms with Crippen molar-refractivity contribution >= 4 is 0 Å². The molecule has 120 valence electrons. The van der Waals surface area contributed by atoms with Crippen molar-refractivity contribution in [3.63, 3.8) is 0 Å². The highest BCUT2D eigenvalue weighted by molar-refractivity contribution is 5.47. The van der Waals surface area contributed by atoms with Gasteiger partial charge >= 0.3 is 0 Å². The average Bonchev–Trinajstić information content (AvgIpc) is 2.59. The Balaban J connectivity index is 2.42. The van der Waals surface area contributed by atoms with E-state index in [4.69, 9.17) is 14.2 Å². The summed E-state index contributed by atoms with van der Waals surface area (Å²) < 4.78 is 16.1. The van der Waals surface area contributed by atoms with Gasteiger partial charge in [0.1, 0.15) is 17.2 Å². The van der Waals surface area contributed by atoms with Gasteiger partial charge in [-0.05, 0) is 43.2 Å². The second kappa shape index (κ2) is 7.55. The van der Waals surface area contributed by atoms with E-state index in [0.29, 0.717) is 17.9 Å². The minimum atomic E-state index is -0.351. The van der Waals surface area contributed by atoms with Crippen LogP contribution >= 0.6 is 0 Å². The zero-order chi connectivity index (χ0) is 16.8. The molecule has 2 aromatic rings. The number of rotatable bonds is 6. The fourth-order valence-corrected chi connectivity index (χ4v) is 2.62. The number of benzene rings is 2. The summed E-state index contributed by atoms with van der Waals surface area (Å²) in [6.07, 6.45) is 0.547. The molecule has 2 aromatic carbocycles. The van der Waals surface area contributed by atoms with Crippen LogP contribution in [0.3, 0.4) is 0 Å². The molecule has 0 saturated heterocycles. The number of ether oxygens (including phenoxy) is 3. The zero-order valence-electron chi connectivity index (χ0n) is 13.9. The van der Waals surface area contributed by atoms with Crippen molar-refractivity contribution in [3.8, 4) is 23.3 Å². The maximum Gasteiger partial charge on any atom is 0.123 e. The molecule has 0 aromatic heterocycles. The number of hydrogen-bond donors (Lipinski definition) is 0. The van der Waals surface area contributed by atoms with Gasteiger partial charge in [0.2, 0.25) is 0 Å². The molecule has 2 rings (SSSR count). The van der Waals surface area contributed by atoms with Gasteiger partial charge in [0.05, 0.1) is 33.3 Å². The molecular weight excluding hydrogens is 290 g/mol. The lowest BCUT2D eigenvalue weighted by Gasteiger charge is -2.17. The van der Waals surface area contributed by atoms with Crippen LogP contribution in [0.2, 0.25) is 0 Å². The SMILES string of the molecule is COc1ccc(OC)c(C(C#N)Cc2cc(C)ccc2OC)c1. The monoisotopic (exact) mass is 311 g/mol. The lowest BCUT2D eigenvalue weighted by molar-refractivity contribution is 0.396. The third-order valence-electron chi connectivity index (χ3n) is 3.83. The van der Waals surface area contributed by atoms with Crippen LogP contribution in [-0.4, -0.2) is 21.3 Å². The molecule has 1 unspecified atom stereocenters. The van der Waals surface area contributed by atoms with E-state index in [0.717, 1.165) is 22.4 Å². The smallest absolute Gasteiger partial charge is 0.123 e. The van der Waals surface area contributed by atoms with Gasteiger partial charge in [-0.15, -0.1) is 0 Å². The van der Waals surface area contributed by atoms with Crippen LogP contribution in [-0.2, 0) is 6.42 Å². The zero-order valence-corrected chi connectivity index (χ0v) is 13.9. The summed E-state index contributed by atoms with van der Waals surface area (Å²) in [4.78, 5) is 0. The molecule has 0 radical (unpaired) electrons. The summed E-state index contributed by atoms with van der Waals surface area (Å²) in [7, 11) is 4.85. The van der Waals surface area contributed by atoms with Crippen molar-refractivity contribution in [1.29, 1.82) is 5.26 Å². The molecule has 4 nitrogen and oxygen atoms in total. The second-order valence-corrected chi connectivity index (χ2v) is 5.31. The molecule has 0 aliphatic carbocycles. The van der Waals surface area contributed by atoms with E-state index in [2.05, 4.69) is 12.1 Å². The van der Waals surface area contributed by atoms with E-state index in [1.54, 1.807) is 21.3 Å². The Morgan fingerprint density at radius 1 is 0.957 bits per heavy atom. The number of methoxy groups -OCH3 is 3. The molecule has 0 heterocycles. The quantitative estimate of drug-likeness (QED) is 0.812. The summed E-state index contributed by atoms with van der Waals surface area (Å²) >= 11 is 0. The molecule has 0 spiro atoms. The fraction of sp³-hybridized carbons (Fsp3) is 0.316. The van der Waals surface area contributed by atoms with E-state index < -0.39 is 0 Å². The van der Waals surface area contributed by atoms with Crippen molar-refractivity contribution in [3.05, 3.63) is 53.1 Å². The molecule has 0 N–H and O–H groups in total. The summed E-state index contributed by atoms with van der Waals surface area (Å²) in [5.41, 5.74) is 2.96. The molecule has 0 saturated carbocycles.